The van der Waals surface area contributed by atoms with Crippen LogP contribution in [0.5, 0.6) is 11.5 Å². The summed E-state index contributed by atoms with van der Waals surface area (Å²) < 4.78 is 34.6. The van der Waals surface area contributed by atoms with E-state index < -0.39 is 9.84 Å². The second kappa shape index (κ2) is 9.41. The van der Waals surface area contributed by atoms with Gasteiger partial charge in [0.25, 0.3) is 0 Å². The van der Waals surface area contributed by atoms with Crippen molar-refractivity contribution in [3.63, 3.8) is 0 Å². The molecule has 1 saturated heterocycles. The highest BCUT2D eigenvalue weighted by molar-refractivity contribution is 8.15. The number of hydrogen-bond acceptors (Lipinski definition) is 8. The van der Waals surface area contributed by atoms with Crippen molar-refractivity contribution in [3.05, 3.63) is 48.5 Å². The molecule has 1 fully saturated rings. The smallest absolute Gasteiger partial charge is 0.244 e. The molecule has 10 heteroatoms. The number of nitrogens with one attached hydrogen (secondary N) is 1. The number of rotatable bonds is 7. The Morgan fingerprint density at radius 3 is 2.66 bits per heavy atom. The first-order valence-electron chi connectivity index (χ1n) is 10.3. The second-order valence-electron chi connectivity index (χ2n) is 7.51. The molecule has 0 radical (unpaired) electrons. The lowest BCUT2D eigenvalue weighted by Crippen LogP contribution is -2.36. The molecule has 8 nitrogen and oxygen atoms in total. The van der Waals surface area contributed by atoms with Crippen LogP contribution in [-0.2, 0) is 14.6 Å². The number of aliphatic imine (C=N–C) groups is 1. The fraction of sp³-hybridized carbons (Fsp3) is 0.364. The number of amides is 1. The summed E-state index contributed by atoms with van der Waals surface area (Å²) >= 11 is 1.42. The average molecular weight is 476 g/mol. The number of carbonyl (C=O) groups is 1. The van der Waals surface area contributed by atoms with Crippen LogP contribution >= 0.6 is 11.8 Å². The molecule has 2 atom stereocenters. The largest absolute Gasteiger partial charge is 0.497 e. The summed E-state index contributed by atoms with van der Waals surface area (Å²) in [6, 6.07) is 14.3. The van der Waals surface area contributed by atoms with Crippen molar-refractivity contribution in [2.75, 3.05) is 42.0 Å². The third kappa shape index (κ3) is 5.18. The molecule has 2 aromatic rings. The summed E-state index contributed by atoms with van der Waals surface area (Å²) in [6.45, 7) is 2.51. The quantitative estimate of drug-likeness (QED) is 0.658. The van der Waals surface area contributed by atoms with E-state index in [1.165, 1.54) is 11.8 Å². The topological polar surface area (TPSA) is 97.3 Å². The van der Waals surface area contributed by atoms with Crippen molar-refractivity contribution in [1.82, 2.24) is 0 Å². The van der Waals surface area contributed by atoms with Crippen LogP contribution in [0.4, 0.5) is 11.4 Å². The zero-order valence-corrected chi connectivity index (χ0v) is 19.5. The molecule has 0 spiro atoms. The summed E-state index contributed by atoms with van der Waals surface area (Å²) in [6.07, 6.45) is 0. The molecule has 0 bridgehead atoms. The normalized spacial score (nSPS) is 20.9. The van der Waals surface area contributed by atoms with Crippen molar-refractivity contribution in [2.45, 2.75) is 18.2 Å². The predicted octanol–water partition coefficient (Wildman–Crippen LogP) is 2.81. The Bertz CT molecular complexity index is 1120. The average Bonchev–Trinajstić information content (AvgIpc) is 3.26. The van der Waals surface area contributed by atoms with E-state index in [1.54, 1.807) is 31.4 Å². The molecule has 0 aliphatic carbocycles. The van der Waals surface area contributed by atoms with Gasteiger partial charge in [-0.3, -0.25) is 9.79 Å². The Morgan fingerprint density at radius 2 is 1.97 bits per heavy atom. The van der Waals surface area contributed by atoms with Crippen LogP contribution in [-0.4, -0.2) is 62.6 Å². The number of thioether (sulfide) groups is 1. The molecular formula is C22H25N3O5S2. The summed E-state index contributed by atoms with van der Waals surface area (Å²) in [5, 5.41) is 3.43. The lowest BCUT2D eigenvalue weighted by molar-refractivity contribution is -0.114. The van der Waals surface area contributed by atoms with Crippen LogP contribution in [0.1, 0.15) is 6.92 Å². The highest BCUT2D eigenvalue weighted by Crippen LogP contribution is 2.37. The number of methoxy groups -OCH3 is 1. The number of fused-ring (bicyclic) bond motifs is 1. The summed E-state index contributed by atoms with van der Waals surface area (Å²) in [5.41, 5.74) is 1.41. The Balaban J connectivity index is 1.55. The van der Waals surface area contributed by atoms with Gasteiger partial charge in [-0.1, -0.05) is 17.8 Å². The molecule has 2 aliphatic rings. The Hall–Kier alpha value is -2.72. The van der Waals surface area contributed by atoms with Crippen molar-refractivity contribution in [2.24, 2.45) is 4.99 Å². The van der Waals surface area contributed by atoms with E-state index in [-0.39, 0.29) is 35.2 Å². The summed E-state index contributed by atoms with van der Waals surface area (Å²) in [5.74, 6) is 1.33. The van der Waals surface area contributed by atoms with Gasteiger partial charge in [0.05, 0.1) is 31.3 Å². The van der Waals surface area contributed by atoms with Crippen molar-refractivity contribution in [3.8, 4) is 11.5 Å². The van der Waals surface area contributed by atoms with Gasteiger partial charge in [-0.2, -0.15) is 0 Å². The fourth-order valence-electron chi connectivity index (χ4n) is 3.67. The molecule has 2 aliphatic heterocycles. The highest BCUT2D eigenvalue weighted by Gasteiger charge is 2.44. The lowest BCUT2D eigenvalue weighted by Gasteiger charge is -2.24. The lowest BCUT2D eigenvalue weighted by atomic mass is 10.2. The van der Waals surface area contributed by atoms with Gasteiger partial charge >= 0.3 is 0 Å². The molecule has 0 aromatic heterocycles. The number of sulfone groups is 1. The minimum atomic E-state index is -3.06. The first-order valence-corrected chi connectivity index (χ1v) is 13.0. The minimum absolute atomic E-state index is 0.0310. The van der Waals surface area contributed by atoms with Gasteiger partial charge in [0.15, 0.2) is 15.0 Å². The van der Waals surface area contributed by atoms with Crippen LogP contribution < -0.4 is 19.7 Å². The van der Waals surface area contributed by atoms with E-state index in [0.29, 0.717) is 23.2 Å². The SMILES string of the molecule is CCOc1ccc(N(CC(=O)Nc2cccc(OC)c2)C2=N[C@H]3CS(=O)(=O)C[C@@H]3S2)cc1. The number of carbonyl (C=O) groups excluding carboxylic acids is 1. The summed E-state index contributed by atoms with van der Waals surface area (Å²) in [7, 11) is -1.49. The van der Waals surface area contributed by atoms with E-state index in [2.05, 4.69) is 10.3 Å². The van der Waals surface area contributed by atoms with Gasteiger partial charge in [0.1, 0.15) is 18.0 Å². The van der Waals surface area contributed by atoms with Crippen molar-refractivity contribution in [1.29, 1.82) is 0 Å². The van der Waals surface area contributed by atoms with Crippen LogP contribution in [0, 0.1) is 0 Å². The van der Waals surface area contributed by atoms with E-state index in [9.17, 15) is 13.2 Å². The van der Waals surface area contributed by atoms with Gasteiger partial charge in [-0.25, -0.2) is 8.42 Å². The Kier molecular flexibility index (Phi) is 6.61. The third-order valence-electron chi connectivity index (χ3n) is 5.15. The number of ether oxygens (including phenoxy) is 2. The maximum Gasteiger partial charge on any atom is 0.244 e. The molecule has 4 rings (SSSR count). The Morgan fingerprint density at radius 1 is 1.19 bits per heavy atom. The van der Waals surface area contributed by atoms with Gasteiger partial charge in [-0.15, -0.1) is 0 Å². The summed E-state index contributed by atoms with van der Waals surface area (Å²) in [4.78, 5) is 19.4. The van der Waals surface area contributed by atoms with Gasteiger partial charge < -0.3 is 19.7 Å². The van der Waals surface area contributed by atoms with Crippen LogP contribution in [0.25, 0.3) is 0 Å². The first-order chi connectivity index (χ1) is 15.4. The molecule has 170 valence electrons. The number of amidine groups is 1. The van der Waals surface area contributed by atoms with Crippen LogP contribution in [0.2, 0.25) is 0 Å². The molecule has 0 unspecified atom stereocenters. The zero-order chi connectivity index (χ0) is 22.7. The monoisotopic (exact) mass is 475 g/mol. The maximum atomic E-state index is 12.9. The van der Waals surface area contributed by atoms with E-state index in [0.717, 1.165) is 11.4 Å². The number of hydrogen-bond donors (Lipinski definition) is 1. The molecule has 2 heterocycles. The van der Waals surface area contributed by atoms with Crippen molar-refractivity contribution >= 4 is 44.0 Å². The fourth-order valence-corrected chi connectivity index (χ4v) is 7.45. The molecule has 32 heavy (non-hydrogen) atoms. The van der Waals surface area contributed by atoms with Gasteiger partial charge in [0, 0.05) is 22.7 Å². The minimum Gasteiger partial charge on any atom is -0.497 e. The number of benzene rings is 2. The molecule has 0 saturated carbocycles. The molecule has 1 N–H and O–H groups in total. The number of nitrogens with zero attached hydrogens (tertiary/aromatic N) is 2. The number of anilines is 2. The van der Waals surface area contributed by atoms with E-state index in [4.69, 9.17) is 9.47 Å². The Labute approximate surface area is 191 Å². The van der Waals surface area contributed by atoms with E-state index >= 15 is 0 Å². The maximum absolute atomic E-state index is 12.9. The highest BCUT2D eigenvalue weighted by atomic mass is 32.2. The molecular weight excluding hydrogens is 450 g/mol. The zero-order valence-electron chi connectivity index (χ0n) is 17.9. The van der Waals surface area contributed by atoms with E-state index in [1.807, 2.05) is 36.1 Å². The van der Waals surface area contributed by atoms with Gasteiger partial charge in [0.2, 0.25) is 5.91 Å². The van der Waals surface area contributed by atoms with Crippen LogP contribution in [0.3, 0.4) is 0 Å². The second-order valence-corrected chi connectivity index (χ2v) is 10.9. The standard InChI is InChI=1S/C22H25N3O5S2/c1-3-30-17-9-7-16(8-10-17)25(22-24-19-13-32(27,28)14-20(19)31-22)12-21(26)23-15-5-4-6-18(11-15)29-2/h4-11,19-20H,3,12-14H2,1-2H3,(H,23,26)/t19-,20-/m0/s1. The molecule has 1 amide bonds. The predicted molar refractivity (Wildman–Crippen MR) is 128 cm³/mol. The molecule has 2 aromatic carbocycles. The first kappa shape index (κ1) is 22.5. The third-order valence-corrected chi connectivity index (χ3v) is 8.40. The van der Waals surface area contributed by atoms with Crippen molar-refractivity contribution < 1.29 is 22.7 Å². The van der Waals surface area contributed by atoms with Gasteiger partial charge in [-0.05, 0) is 43.3 Å². The van der Waals surface area contributed by atoms with Crippen LogP contribution in [0.15, 0.2) is 53.5 Å².